The van der Waals surface area contributed by atoms with E-state index in [9.17, 15) is 0 Å². The number of hydrogen-bond donors (Lipinski definition) is 1. The lowest BCUT2D eigenvalue weighted by Crippen LogP contribution is -2.33. The fraction of sp³-hybridized carbons (Fsp3) is 0.909. The van der Waals surface area contributed by atoms with Gasteiger partial charge in [-0.2, -0.15) is 5.26 Å². The Morgan fingerprint density at radius 3 is 3.07 bits per heavy atom. The smallest absolute Gasteiger partial charge is 0.0635 e. The Bertz CT molecular complexity index is 185. The molecule has 14 heavy (non-hydrogen) atoms. The van der Waals surface area contributed by atoms with Gasteiger partial charge in [0, 0.05) is 19.5 Å². The van der Waals surface area contributed by atoms with Crippen LogP contribution in [-0.4, -0.2) is 38.1 Å². The lowest BCUT2D eigenvalue weighted by molar-refractivity contribution is 0.201. The molecule has 1 unspecified atom stereocenters. The summed E-state index contributed by atoms with van der Waals surface area (Å²) in [7, 11) is 2.20. The van der Waals surface area contributed by atoms with E-state index < -0.39 is 0 Å². The van der Waals surface area contributed by atoms with Crippen molar-refractivity contribution in [3.05, 3.63) is 0 Å². The molecule has 80 valence electrons. The Morgan fingerprint density at radius 2 is 2.36 bits per heavy atom. The monoisotopic (exact) mass is 195 g/mol. The molecule has 0 spiro atoms. The van der Waals surface area contributed by atoms with Gasteiger partial charge in [-0.25, -0.2) is 0 Å². The van der Waals surface area contributed by atoms with Crippen LogP contribution >= 0.6 is 0 Å². The summed E-state index contributed by atoms with van der Waals surface area (Å²) in [6, 6.07) is 2.14. The highest BCUT2D eigenvalue weighted by Gasteiger charge is 2.15. The first-order valence-electron chi connectivity index (χ1n) is 5.59. The number of hydrogen-bond acceptors (Lipinski definition) is 3. The molecule has 1 N–H and O–H groups in total. The molecule has 0 aliphatic carbocycles. The second-order valence-corrected chi connectivity index (χ2v) is 4.22. The maximum Gasteiger partial charge on any atom is 0.0635 e. The number of rotatable bonds is 5. The van der Waals surface area contributed by atoms with E-state index in [0.717, 1.165) is 19.0 Å². The van der Waals surface area contributed by atoms with E-state index in [1.165, 1.54) is 32.4 Å². The molecule has 0 bridgehead atoms. The summed E-state index contributed by atoms with van der Waals surface area (Å²) >= 11 is 0. The van der Waals surface area contributed by atoms with Crippen LogP contribution in [0.25, 0.3) is 0 Å². The van der Waals surface area contributed by atoms with Gasteiger partial charge in [-0.05, 0) is 45.3 Å². The number of nitriles is 1. The van der Waals surface area contributed by atoms with Gasteiger partial charge in [0.25, 0.3) is 0 Å². The summed E-state index contributed by atoms with van der Waals surface area (Å²) in [5, 5.41) is 11.7. The summed E-state index contributed by atoms with van der Waals surface area (Å²) in [5.41, 5.74) is 0. The van der Waals surface area contributed by atoms with Gasteiger partial charge in [0.15, 0.2) is 0 Å². The Balaban J connectivity index is 1.98. The molecule has 1 saturated heterocycles. The van der Waals surface area contributed by atoms with Gasteiger partial charge in [-0.3, -0.25) is 0 Å². The minimum atomic E-state index is 0.630. The molecule has 0 radical (unpaired) electrons. The fourth-order valence-corrected chi connectivity index (χ4v) is 2.08. The minimum Gasteiger partial charge on any atom is -0.316 e. The quantitative estimate of drug-likeness (QED) is 0.670. The predicted octanol–water partition coefficient (Wildman–Crippen LogP) is 1.22. The first-order chi connectivity index (χ1) is 6.83. The standard InChI is InChI=1S/C11H21N3/c1-14-9-2-4-11(10-14)5-8-13-7-3-6-12/h11,13H,2-5,7-10H2,1H3. The van der Waals surface area contributed by atoms with E-state index in [1.807, 2.05) is 0 Å². The number of nitrogens with one attached hydrogen (secondary N) is 1. The van der Waals surface area contributed by atoms with Crippen LogP contribution in [0.3, 0.4) is 0 Å². The topological polar surface area (TPSA) is 39.1 Å². The molecule has 1 aliphatic heterocycles. The molecule has 1 rings (SSSR count). The van der Waals surface area contributed by atoms with Crippen LogP contribution in [0.4, 0.5) is 0 Å². The maximum absolute atomic E-state index is 8.35. The molecular formula is C11H21N3. The molecule has 3 nitrogen and oxygen atoms in total. The maximum atomic E-state index is 8.35. The van der Waals surface area contributed by atoms with Crippen LogP contribution in [0.1, 0.15) is 25.7 Å². The van der Waals surface area contributed by atoms with Crippen LogP contribution in [0.15, 0.2) is 0 Å². The number of likely N-dealkylation sites (tertiary alicyclic amines) is 1. The van der Waals surface area contributed by atoms with Crippen molar-refractivity contribution in [1.82, 2.24) is 10.2 Å². The number of piperidine rings is 1. The third kappa shape index (κ3) is 4.59. The highest BCUT2D eigenvalue weighted by Crippen LogP contribution is 2.17. The molecule has 1 fully saturated rings. The Labute approximate surface area is 87.1 Å². The molecule has 0 aromatic rings. The van der Waals surface area contributed by atoms with Crippen molar-refractivity contribution in [2.24, 2.45) is 5.92 Å². The lowest BCUT2D eigenvalue weighted by atomic mass is 9.95. The van der Waals surface area contributed by atoms with Crippen molar-refractivity contribution in [3.8, 4) is 6.07 Å². The van der Waals surface area contributed by atoms with Crippen LogP contribution in [0, 0.1) is 17.2 Å². The number of nitrogens with zero attached hydrogens (tertiary/aromatic N) is 2. The minimum absolute atomic E-state index is 0.630. The molecule has 3 heteroatoms. The van der Waals surface area contributed by atoms with Gasteiger partial charge in [-0.1, -0.05) is 0 Å². The zero-order valence-corrected chi connectivity index (χ0v) is 9.13. The summed E-state index contributed by atoms with van der Waals surface area (Å²) in [5.74, 6) is 0.864. The zero-order valence-electron chi connectivity index (χ0n) is 9.13. The molecular weight excluding hydrogens is 174 g/mol. The highest BCUT2D eigenvalue weighted by atomic mass is 15.1. The van der Waals surface area contributed by atoms with Gasteiger partial charge in [0.2, 0.25) is 0 Å². The van der Waals surface area contributed by atoms with Crippen molar-refractivity contribution in [2.75, 3.05) is 33.2 Å². The molecule has 0 aromatic heterocycles. The fourth-order valence-electron chi connectivity index (χ4n) is 2.08. The van der Waals surface area contributed by atoms with Crippen LogP contribution in [0.5, 0.6) is 0 Å². The van der Waals surface area contributed by atoms with Gasteiger partial charge >= 0.3 is 0 Å². The van der Waals surface area contributed by atoms with Crippen LogP contribution < -0.4 is 5.32 Å². The van der Waals surface area contributed by atoms with E-state index in [4.69, 9.17) is 5.26 Å². The lowest BCUT2D eigenvalue weighted by Gasteiger charge is -2.29. The van der Waals surface area contributed by atoms with Crippen LogP contribution in [0.2, 0.25) is 0 Å². The van der Waals surface area contributed by atoms with Crippen molar-refractivity contribution < 1.29 is 0 Å². The third-order valence-corrected chi connectivity index (χ3v) is 2.87. The van der Waals surface area contributed by atoms with Crippen molar-refractivity contribution >= 4 is 0 Å². The molecule has 0 saturated carbocycles. The van der Waals surface area contributed by atoms with Gasteiger partial charge < -0.3 is 10.2 Å². The van der Waals surface area contributed by atoms with Crippen molar-refractivity contribution in [3.63, 3.8) is 0 Å². The van der Waals surface area contributed by atoms with Crippen molar-refractivity contribution in [1.29, 1.82) is 5.26 Å². The van der Waals surface area contributed by atoms with Gasteiger partial charge in [0.05, 0.1) is 6.07 Å². The zero-order chi connectivity index (χ0) is 10.2. The summed E-state index contributed by atoms with van der Waals surface area (Å²) < 4.78 is 0. The second-order valence-electron chi connectivity index (χ2n) is 4.22. The second kappa shape index (κ2) is 6.80. The molecule has 0 aromatic carbocycles. The van der Waals surface area contributed by atoms with E-state index >= 15 is 0 Å². The largest absolute Gasteiger partial charge is 0.316 e. The van der Waals surface area contributed by atoms with E-state index in [0.29, 0.717) is 6.42 Å². The normalized spacial score (nSPS) is 23.3. The molecule has 0 amide bonds. The van der Waals surface area contributed by atoms with Crippen molar-refractivity contribution in [2.45, 2.75) is 25.7 Å². The summed E-state index contributed by atoms with van der Waals surface area (Å²) in [6.07, 6.45) is 4.62. The predicted molar refractivity (Wildman–Crippen MR) is 57.9 cm³/mol. The Morgan fingerprint density at radius 1 is 1.50 bits per heavy atom. The first kappa shape index (κ1) is 11.5. The molecule has 1 heterocycles. The SMILES string of the molecule is CN1CCCC(CCNCCC#N)C1. The first-order valence-corrected chi connectivity index (χ1v) is 5.59. The third-order valence-electron chi connectivity index (χ3n) is 2.87. The van der Waals surface area contributed by atoms with Gasteiger partial charge in [0.1, 0.15) is 0 Å². The molecule has 1 atom stereocenters. The Hall–Kier alpha value is -0.590. The van der Waals surface area contributed by atoms with Crippen LogP contribution in [-0.2, 0) is 0 Å². The highest BCUT2D eigenvalue weighted by molar-refractivity contribution is 4.73. The summed E-state index contributed by atoms with van der Waals surface area (Å²) in [4.78, 5) is 2.42. The average Bonchev–Trinajstić information content (AvgIpc) is 2.18. The Kier molecular flexibility index (Phi) is 5.58. The van der Waals surface area contributed by atoms with E-state index in [-0.39, 0.29) is 0 Å². The van der Waals surface area contributed by atoms with E-state index in [2.05, 4.69) is 23.3 Å². The average molecular weight is 195 g/mol. The molecule has 1 aliphatic rings. The van der Waals surface area contributed by atoms with E-state index in [1.54, 1.807) is 0 Å². The van der Waals surface area contributed by atoms with Gasteiger partial charge in [-0.15, -0.1) is 0 Å². The summed E-state index contributed by atoms with van der Waals surface area (Å²) in [6.45, 7) is 4.43.